The van der Waals surface area contributed by atoms with Gasteiger partial charge in [0.1, 0.15) is 5.60 Å². The number of hydrogen-bond donors (Lipinski definition) is 1. The molecule has 6 nitrogen and oxygen atoms in total. The average Bonchev–Trinajstić information content (AvgIpc) is 2.49. The maximum atomic E-state index is 12.8. The topological polar surface area (TPSA) is 75.7 Å². The summed E-state index contributed by atoms with van der Waals surface area (Å²) >= 11 is 12.2. The van der Waals surface area contributed by atoms with E-state index in [1.54, 1.807) is 39.0 Å². The Balaban J connectivity index is 2.04. The van der Waals surface area contributed by atoms with Crippen molar-refractivity contribution in [3.05, 3.63) is 33.8 Å². The van der Waals surface area contributed by atoms with Gasteiger partial charge in [-0.05, 0) is 45.7 Å². The second-order valence-corrected chi connectivity index (χ2v) is 10.1. The number of benzene rings is 1. The zero-order chi connectivity index (χ0) is 19.5. The predicted octanol–water partition coefficient (Wildman–Crippen LogP) is 3.81. The van der Waals surface area contributed by atoms with Gasteiger partial charge in [0.05, 0.1) is 5.75 Å². The van der Waals surface area contributed by atoms with Gasteiger partial charge in [-0.1, -0.05) is 29.3 Å². The Bertz CT molecular complexity index is 742. The second kappa shape index (κ2) is 8.33. The third kappa shape index (κ3) is 6.01. The Kier molecular flexibility index (Phi) is 6.82. The van der Waals surface area contributed by atoms with E-state index in [-0.39, 0.29) is 18.3 Å². The first-order valence-electron chi connectivity index (χ1n) is 8.38. The standard InChI is InChI=1S/C17H24Cl2N2O4S/c1-17(2,3)25-16(22)20-12-6-5-9-21(10-12)26(23,24)11-13-14(18)7-4-8-15(13)19/h4,7-8,12H,5-6,9-11H2,1-3H3,(H,20,22). The van der Waals surface area contributed by atoms with Crippen molar-refractivity contribution in [1.82, 2.24) is 9.62 Å². The van der Waals surface area contributed by atoms with Crippen LogP contribution >= 0.6 is 23.2 Å². The molecule has 1 heterocycles. The Hall–Kier alpha value is -1.02. The lowest BCUT2D eigenvalue weighted by atomic mass is 10.1. The Morgan fingerprint density at radius 3 is 2.50 bits per heavy atom. The molecule has 1 aromatic rings. The van der Waals surface area contributed by atoms with Gasteiger partial charge in [0.15, 0.2) is 0 Å². The lowest BCUT2D eigenvalue weighted by Crippen LogP contribution is -2.50. The van der Waals surface area contributed by atoms with Gasteiger partial charge < -0.3 is 10.1 Å². The molecule has 1 saturated heterocycles. The first-order chi connectivity index (χ1) is 12.0. The van der Waals surface area contributed by atoms with Crippen LogP contribution in [0.15, 0.2) is 18.2 Å². The first-order valence-corrected chi connectivity index (χ1v) is 10.7. The molecule has 0 spiro atoms. The van der Waals surface area contributed by atoms with Crippen molar-refractivity contribution in [2.75, 3.05) is 13.1 Å². The molecule has 1 atom stereocenters. The number of hydrogen-bond acceptors (Lipinski definition) is 4. The fourth-order valence-corrected chi connectivity index (χ4v) is 5.09. The number of ether oxygens (including phenoxy) is 1. The van der Waals surface area contributed by atoms with Crippen molar-refractivity contribution in [3.8, 4) is 0 Å². The largest absolute Gasteiger partial charge is 0.444 e. The van der Waals surface area contributed by atoms with Gasteiger partial charge in [-0.15, -0.1) is 0 Å². The van der Waals surface area contributed by atoms with Gasteiger partial charge in [-0.2, -0.15) is 4.31 Å². The Morgan fingerprint density at radius 2 is 1.92 bits per heavy atom. The SMILES string of the molecule is CC(C)(C)OC(=O)NC1CCCN(S(=O)(=O)Cc2c(Cl)cccc2Cl)C1. The molecule has 0 radical (unpaired) electrons. The lowest BCUT2D eigenvalue weighted by Gasteiger charge is -2.33. The highest BCUT2D eigenvalue weighted by molar-refractivity contribution is 7.88. The zero-order valence-electron chi connectivity index (χ0n) is 15.1. The number of halogens is 2. The highest BCUT2D eigenvalue weighted by Crippen LogP contribution is 2.28. The van der Waals surface area contributed by atoms with E-state index in [1.807, 2.05) is 0 Å². The summed E-state index contributed by atoms with van der Waals surface area (Å²) in [6.45, 7) is 5.92. The maximum Gasteiger partial charge on any atom is 0.407 e. The molecule has 1 unspecified atom stereocenters. The van der Waals surface area contributed by atoms with E-state index in [9.17, 15) is 13.2 Å². The number of piperidine rings is 1. The number of amides is 1. The lowest BCUT2D eigenvalue weighted by molar-refractivity contribution is 0.0487. The summed E-state index contributed by atoms with van der Waals surface area (Å²) in [6.07, 6.45) is 0.796. The van der Waals surface area contributed by atoms with E-state index < -0.39 is 21.7 Å². The van der Waals surface area contributed by atoms with Crippen molar-refractivity contribution in [2.45, 2.75) is 51.0 Å². The first kappa shape index (κ1) is 21.3. The summed E-state index contributed by atoms with van der Waals surface area (Å²) in [5.74, 6) is -0.273. The van der Waals surface area contributed by atoms with Crippen LogP contribution in [0.5, 0.6) is 0 Å². The van der Waals surface area contributed by atoms with Crippen molar-refractivity contribution >= 4 is 39.3 Å². The molecule has 146 valence electrons. The van der Waals surface area contributed by atoms with Crippen molar-refractivity contribution in [1.29, 1.82) is 0 Å². The third-order valence-corrected chi connectivity index (χ3v) is 6.37. The number of nitrogens with zero attached hydrogens (tertiary/aromatic N) is 1. The molecule has 1 N–H and O–H groups in total. The molecule has 1 aromatic carbocycles. The third-order valence-electron chi connectivity index (χ3n) is 3.89. The number of rotatable bonds is 4. The van der Waals surface area contributed by atoms with E-state index in [0.717, 1.165) is 0 Å². The molecule has 0 bridgehead atoms. The van der Waals surface area contributed by atoms with E-state index >= 15 is 0 Å². The smallest absolute Gasteiger partial charge is 0.407 e. The van der Waals surface area contributed by atoms with Gasteiger partial charge in [-0.3, -0.25) is 0 Å². The molecule has 1 amide bonds. The fourth-order valence-electron chi connectivity index (χ4n) is 2.73. The molecule has 1 fully saturated rings. The van der Waals surface area contributed by atoms with Crippen LogP contribution in [-0.4, -0.2) is 43.5 Å². The van der Waals surface area contributed by atoms with Gasteiger partial charge in [0.2, 0.25) is 10.0 Å². The van der Waals surface area contributed by atoms with Crippen molar-refractivity contribution in [2.24, 2.45) is 0 Å². The molecule has 1 aliphatic rings. The monoisotopic (exact) mass is 422 g/mol. The minimum absolute atomic E-state index is 0.198. The normalized spacial score (nSPS) is 19.2. The van der Waals surface area contributed by atoms with E-state index in [0.29, 0.717) is 35.0 Å². The highest BCUT2D eigenvalue weighted by Gasteiger charge is 2.31. The second-order valence-electron chi connectivity index (χ2n) is 7.30. The number of nitrogens with one attached hydrogen (secondary N) is 1. The van der Waals surface area contributed by atoms with Gasteiger partial charge in [0, 0.05) is 34.7 Å². The number of carbonyl (C=O) groups is 1. The van der Waals surface area contributed by atoms with Crippen LogP contribution < -0.4 is 5.32 Å². The van der Waals surface area contributed by atoms with Gasteiger partial charge >= 0.3 is 6.09 Å². The van der Waals surface area contributed by atoms with Gasteiger partial charge in [-0.25, -0.2) is 13.2 Å². The minimum Gasteiger partial charge on any atom is -0.444 e. The Labute approximate surface area is 164 Å². The molecule has 0 aliphatic carbocycles. The molecule has 2 rings (SSSR count). The predicted molar refractivity (Wildman–Crippen MR) is 103 cm³/mol. The van der Waals surface area contributed by atoms with E-state index in [4.69, 9.17) is 27.9 Å². The van der Waals surface area contributed by atoms with E-state index in [1.165, 1.54) is 4.31 Å². The van der Waals surface area contributed by atoms with Crippen LogP contribution in [0.4, 0.5) is 4.79 Å². The van der Waals surface area contributed by atoms with Crippen LogP contribution in [0.3, 0.4) is 0 Å². The molecular weight excluding hydrogens is 399 g/mol. The van der Waals surface area contributed by atoms with Crippen LogP contribution in [0, 0.1) is 0 Å². The summed E-state index contributed by atoms with van der Waals surface area (Å²) < 4.78 is 32.2. The van der Waals surface area contributed by atoms with Crippen LogP contribution in [0.2, 0.25) is 10.0 Å². The molecule has 1 aliphatic heterocycles. The molecule has 0 aromatic heterocycles. The number of sulfonamides is 1. The van der Waals surface area contributed by atoms with Gasteiger partial charge in [0.25, 0.3) is 0 Å². The Morgan fingerprint density at radius 1 is 1.31 bits per heavy atom. The summed E-state index contributed by atoms with van der Waals surface area (Å²) in [6, 6.07) is 4.60. The van der Waals surface area contributed by atoms with Crippen molar-refractivity contribution < 1.29 is 17.9 Å². The molecule has 9 heteroatoms. The summed E-state index contributed by atoms with van der Waals surface area (Å²) in [7, 11) is -3.61. The summed E-state index contributed by atoms with van der Waals surface area (Å²) in [4.78, 5) is 11.9. The van der Waals surface area contributed by atoms with Crippen LogP contribution in [0.25, 0.3) is 0 Å². The molecular formula is C17H24Cl2N2O4S. The fraction of sp³-hybridized carbons (Fsp3) is 0.588. The number of carbonyl (C=O) groups excluding carboxylic acids is 1. The van der Waals surface area contributed by atoms with Crippen molar-refractivity contribution in [3.63, 3.8) is 0 Å². The highest BCUT2D eigenvalue weighted by atomic mass is 35.5. The zero-order valence-corrected chi connectivity index (χ0v) is 17.4. The quantitative estimate of drug-likeness (QED) is 0.799. The summed E-state index contributed by atoms with van der Waals surface area (Å²) in [5.41, 5.74) is -0.219. The maximum absolute atomic E-state index is 12.8. The summed E-state index contributed by atoms with van der Waals surface area (Å²) in [5, 5.41) is 3.39. The van der Waals surface area contributed by atoms with E-state index in [2.05, 4.69) is 5.32 Å². The van der Waals surface area contributed by atoms with Crippen LogP contribution in [0.1, 0.15) is 39.2 Å². The minimum atomic E-state index is -3.61. The number of alkyl carbamates (subject to hydrolysis) is 1. The molecule has 0 saturated carbocycles. The van der Waals surface area contributed by atoms with Crippen LogP contribution in [-0.2, 0) is 20.5 Å². The average molecular weight is 423 g/mol. The molecule has 26 heavy (non-hydrogen) atoms.